The lowest BCUT2D eigenvalue weighted by atomic mass is 10.1. The monoisotopic (exact) mass is 266 g/mol. The molecule has 0 bridgehead atoms. The maximum atomic E-state index is 12.7. The summed E-state index contributed by atoms with van der Waals surface area (Å²) in [6.45, 7) is 0. The molecule has 0 amide bonds. The topological polar surface area (TPSA) is 26.3 Å². The molecule has 0 atom stereocenters. The van der Waals surface area contributed by atoms with Crippen LogP contribution in [-0.4, -0.2) is 5.97 Å². The van der Waals surface area contributed by atoms with Gasteiger partial charge in [0.1, 0.15) is 5.75 Å². The van der Waals surface area contributed by atoms with Crippen LogP contribution in [0.2, 0.25) is 0 Å². The van der Waals surface area contributed by atoms with E-state index in [0.29, 0.717) is 0 Å². The zero-order chi connectivity index (χ0) is 13.9. The van der Waals surface area contributed by atoms with Gasteiger partial charge in [0, 0.05) is 0 Å². The lowest BCUT2D eigenvalue weighted by Gasteiger charge is -2.11. The number of halogens is 3. The molecule has 0 aliphatic heterocycles. The van der Waals surface area contributed by atoms with Crippen LogP contribution in [0.1, 0.15) is 15.9 Å². The molecule has 0 radical (unpaired) electrons. The summed E-state index contributed by atoms with van der Waals surface area (Å²) in [6, 6.07) is 12.5. The number of hydrogen-bond donors (Lipinski definition) is 0. The van der Waals surface area contributed by atoms with E-state index in [2.05, 4.69) is 0 Å². The Bertz CT molecular complexity index is 577. The van der Waals surface area contributed by atoms with E-state index >= 15 is 0 Å². The summed E-state index contributed by atoms with van der Waals surface area (Å²) >= 11 is 0. The van der Waals surface area contributed by atoms with Gasteiger partial charge in [-0.25, -0.2) is 4.79 Å². The predicted octanol–water partition coefficient (Wildman–Crippen LogP) is 3.92. The van der Waals surface area contributed by atoms with E-state index in [1.54, 1.807) is 18.2 Å². The molecule has 0 unspecified atom stereocenters. The third-order valence-corrected chi connectivity index (χ3v) is 2.41. The highest BCUT2D eigenvalue weighted by Gasteiger charge is 2.35. The van der Waals surface area contributed by atoms with Crippen molar-refractivity contribution in [1.82, 2.24) is 0 Å². The number of carbonyl (C=O) groups excluding carboxylic acids is 1. The van der Waals surface area contributed by atoms with Gasteiger partial charge in [-0.2, -0.15) is 13.2 Å². The maximum absolute atomic E-state index is 12.7. The molecule has 0 aromatic heterocycles. The molecule has 0 saturated carbocycles. The Morgan fingerprint density at radius 3 is 2.11 bits per heavy atom. The van der Waals surface area contributed by atoms with E-state index in [-0.39, 0.29) is 5.75 Å². The molecule has 0 fully saturated rings. The summed E-state index contributed by atoms with van der Waals surface area (Å²) in [4.78, 5) is 11.8. The van der Waals surface area contributed by atoms with Gasteiger partial charge in [-0.15, -0.1) is 0 Å². The number of rotatable bonds is 2. The number of para-hydroxylation sites is 1. The quantitative estimate of drug-likeness (QED) is 0.608. The Morgan fingerprint density at radius 1 is 0.895 bits per heavy atom. The van der Waals surface area contributed by atoms with Gasteiger partial charge < -0.3 is 4.74 Å². The summed E-state index contributed by atoms with van der Waals surface area (Å²) in [6.07, 6.45) is -4.59. The van der Waals surface area contributed by atoms with Gasteiger partial charge in [-0.05, 0) is 24.3 Å². The number of carbonyl (C=O) groups is 1. The summed E-state index contributed by atoms with van der Waals surface area (Å²) in [5, 5.41) is 0. The van der Waals surface area contributed by atoms with Gasteiger partial charge in [0.2, 0.25) is 0 Å². The molecule has 0 heterocycles. The second-order valence-electron chi connectivity index (χ2n) is 3.75. The molecule has 2 aromatic carbocycles. The number of alkyl halides is 3. The van der Waals surface area contributed by atoms with Crippen LogP contribution < -0.4 is 4.74 Å². The zero-order valence-corrected chi connectivity index (χ0v) is 9.65. The molecule has 2 nitrogen and oxygen atoms in total. The lowest BCUT2D eigenvalue weighted by molar-refractivity contribution is -0.138. The number of ether oxygens (including phenoxy) is 1. The van der Waals surface area contributed by atoms with Crippen molar-refractivity contribution in [2.45, 2.75) is 6.18 Å². The van der Waals surface area contributed by atoms with E-state index in [1.807, 2.05) is 0 Å². The minimum absolute atomic E-state index is 0.199. The van der Waals surface area contributed by atoms with E-state index < -0.39 is 23.3 Å². The fourth-order valence-corrected chi connectivity index (χ4v) is 1.56. The molecule has 2 aromatic rings. The Labute approximate surface area is 107 Å². The predicted molar refractivity (Wildman–Crippen MR) is 62.8 cm³/mol. The van der Waals surface area contributed by atoms with Crippen molar-refractivity contribution in [3.8, 4) is 5.75 Å². The number of esters is 1. The van der Waals surface area contributed by atoms with E-state index in [0.717, 1.165) is 12.1 Å². The fraction of sp³-hybridized carbons (Fsp3) is 0.0714. The first-order chi connectivity index (χ1) is 8.98. The van der Waals surface area contributed by atoms with Crippen molar-refractivity contribution in [2.75, 3.05) is 0 Å². The molecule has 19 heavy (non-hydrogen) atoms. The van der Waals surface area contributed by atoms with Crippen LogP contribution >= 0.6 is 0 Å². The molecule has 0 aliphatic rings. The van der Waals surface area contributed by atoms with Crippen LogP contribution in [0.4, 0.5) is 13.2 Å². The van der Waals surface area contributed by atoms with Crippen molar-refractivity contribution in [3.05, 3.63) is 65.7 Å². The Kier molecular flexibility index (Phi) is 3.55. The van der Waals surface area contributed by atoms with Gasteiger partial charge in [-0.1, -0.05) is 30.3 Å². The number of benzene rings is 2. The smallest absolute Gasteiger partial charge is 0.417 e. The van der Waals surface area contributed by atoms with Crippen molar-refractivity contribution < 1.29 is 22.7 Å². The van der Waals surface area contributed by atoms with E-state index in [9.17, 15) is 18.0 Å². The number of hydrogen-bond acceptors (Lipinski definition) is 2. The molecule has 0 spiro atoms. The molecular formula is C14H9F3O2. The van der Waals surface area contributed by atoms with Gasteiger partial charge >= 0.3 is 12.1 Å². The first-order valence-electron chi connectivity index (χ1n) is 5.42. The van der Waals surface area contributed by atoms with Gasteiger partial charge in [0.15, 0.2) is 0 Å². The lowest BCUT2D eigenvalue weighted by Crippen LogP contribution is -2.16. The molecular weight excluding hydrogens is 257 g/mol. The molecule has 2 rings (SSSR count). The van der Waals surface area contributed by atoms with Crippen molar-refractivity contribution in [2.24, 2.45) is 0 Å². The standard InChI is InChI=1S/C14H9F3O2/c15-14(16,17)12-9-5-4-8-11(12)13(18)19-10-6-2-1-3-7-10/h1-9H. The van der Waals surface area contributed by atoms with Crippen molar-refractivity contribution in [1.29, 1.82) is 0 Å². The molecule has 5 heteroatoms. The summed E-state index contributed by atoms with van der Waals surface area (Å²) in [5.74, 6) is -0.830. The van der Waals surface area contributed by atoms with Gasteiger partial charge in [0.25, 0.3) is 0 Å². The van der Waals surface area contributed by atoms with E-state index in [1.165, 1.54) is 24.3 Å². The summed E-state index contributed by atoms with van der Waals surface area (Å²) in [5.41, 5.74) is -1.50. The van der Waals surface area contributed by atoms with Crippen LogP contribution in [0.5, 0.6) is 5.75 Å². The first-order valence-corrected chi connectivity index (χ1v) is 5.42. The molecule has 98 valence electrons. The highest BCUT2D eigenvalue weighted by Crippen LogP contribution is 2.32. The maximum Gasteiger partial charge on any atom is 0.417 e. The van der Waals surface area contributed by atoms with Crippen molar-refractivity contribution in [3.63, 3.8) is 0 Å². The Balaban J connectivity index is 2.30. The van der Waals surface area contributed by atoms with Crippen LogP contribution in [0, 0.1) is 0 Å². The first kappa shape index (κ1) is 13.1. The Morgan fingerprint density at radius 2 is 1.47 bits per heavy atom. The summed E-state index contributed by atoms with van der Waals surface area (Å²) < 4.78 is 43.1. The third kappa shape index (κ3) is 3.13. The van der Waals surface area contributed by atoms with Crippen LogP contribution in [0.3, 0.4) is 0 Å². The SMILES string of the molecule is O=C(Oc1ccccc1)c1ccccc1C(F)(F)F. The largest absolute Gasteiger partial charge is 0.423 e. The van der Waals surface area contributed by atoms with Crippen LogP contribution in [-0.2, 0) is 6.18 Å². The van der Waals surface area contributed by atoms with Crippen molar-refractivity contribution >= 4 is 5.97 Å². The fourth-order valence-electron chi connectivity index (χ4n) is 1.56. The highest BCUT2D eigenvalue weighted by atomic mass is 19.4. The zero-order valence-electron chi connectivity index (χ0n) is 9.65. The normalized spacial score (nSPS) is 11.1. The third-order valence-electron chi connectivity index (χ3n) is 2.41. The molecule has 0 saturated heterocycles. The molecule has 0 aliphatic carbocycles. The Hall–Kier alpha value is -2.30. The van der Waals surface area contributed by atoms with Gasteiger partial charge in [-0.3, -0.25) is 0 Å². The van der Waals surface area contributed by atoms with Crippen LogP contribution in [0.15, 0.2) is 54.6 Å². The molecule has 0 N–H and O–H groups in total. The van der Waals surface area contributed by atoms with E-state index in [4.69, 9.17) is 4.74 Å². The average Bonchev–Trinajstić information content (AvgIpc) is 2.39. The minimum Gasteiger partial charge on any atom is -0.423 e. The highest BCUT2D eigenvalue weighted by molar-refractivity contribution is 5.92. The second-order valence-corrected chi connectivity index (χ2v) is 3.75. The van der Waals surface area contributed by atoms with Crippen LogP contribution in [0.25, 0.3) is 0 Å². The average molecular weight is 266 g/mol. The van der Waals surface area contributed by atoms with Gasteiger partial charge in [0.05, 0.1) is 11.1 Å². The second kappa shape index (κ2) is 5.14. The minimum atomic E-state index is -4.59. The summed E-state index contributed by atoms with van der Waals surface area (Å²) in [7, 11) is 0.